The van der Waals surface area contributed by atoms with Crippen LogP contribution in [0.1, 0.15) is 0 Å². The Bertz CT molecular complexity index is 158. The van der Waals surface area contributed by atoms with Crippen LogP contribution < -0.4 is 0 Å². The first kappa shape index (κ1) is 12.2. The van der Waals surface area contributed by atoms with Crippen molar-refractivity contribution in [3.8, 4) is 0 Å². The second-order valence-electron chi connectivity index (χ2n) is 3.41. The Morgan fingerprint density at radius 1 is 1.38 bits per heavy atom. The van der Waals surface area contributed by atoms with Crippen molar-refractivity contribution in [3.05, 3.63) is 0 Å². The minimum absolute atomic E-state index is 0.130. The van der Waals surface area contributed by atoms with E-state index in [0.29, 0.717) is 24.2 Å². The Balaban J connectivity index is 3.56. The number of hydrogen-bond acceptors (Lipinski definition) is 4. The Labute approximate surface area is 78.4 Å². The fraction of sp³-hybridized carbons (Fsp3) is 0.875. The van der Waals surface area contributed by atoms with Crippen molar-refractivity contribution < 1.29 is 23.9 Å². The minimum Gasteiger partial charge on any atom is -0.438 e. The smallest absolute Gasteiger partial charge is 0.438 e. The molecule has 0 unspecified atom stereocenters. The minimum atomic E-state index is -0.663. The highest BCUT2D eigenvalue weighted by Gasteiger charge is 2.14. The van der Waals surface area contributed by atoms with Gasteiger partial charge in [-0.1, -0.05) is 0 Å². The average Bonchev–Trinajstić information content (AvgIpc) is 2.03. The third kappa shape index (κ3) is 6.36. The van der Waals surface area contributed by atoms with Gasteiger partial charge in [0.2, 0.25) is 0 Å². The van der Waals surface area contributed by atoms with Crippen molar-refractivity contribution >= 4 is 6.16 Å². The van der Waals surface area contributed by atoms with Crippen LogP contribution in [0.15, 0.2) is 0 Å². The number of rotatable bonds is 5. The summed E-state index contributed by atoms with van der Waals surface area (Å²) in [7, 11) is 5.18. The largest absolute Gasteiger partial charge is 0.508 e. The van der Waals surface area contributed by atoms with E-state index in [0.717, 1.165) is 0 Å². The summed E-state index contributed by atoms with van der Waals surface area (Å²) in [5.41, 5.74) is 0. The van der Waals surface area contributed by atoms with Crippen LogP contribution in [0.2, 0.25) is 0 Å². The molecule has 0 aliphatic heterocycles. The molecular formula is C8H18NO4+. The molecule has 0 rings (SSSR count). The average molecular weight is 192 g/mol. The number of aliphatic hydroxyl groups is 1. The molecular weight excluding hydrogens is 174 g/mol. The fourth-order valence-electron chi connectivity index (χ4n) is 0.818. The molecule has 78 valence electrons. The molecule has 0 aromatic carbocycles. The van der Waals surface area contributed by atoms with Gasteiger partial charge in [0, 0.05) is 0 Å². The van der Waals surface area contributed by atoms with E-state index in [1.807, 2.05) is 14.1 Å². The number of likely N-dealkylation sites (N-methyl/N-ethyl adjacent to an activating group) is 1. The van der Waals surface area contributed by atoms with Gasteiger partial charge in [0.05, 0.1) is 27.8 Å². The number of methoxy groups -OCH3 is 1. The Morgan fingerprint density at radius 3 is 2.46 bits per heavy atom. The highest BCUT2D eigenvalue weighted by atomic mass is 16.7. The molecule has 13 heavy (non-hydrogen) atoms. The summed E-state index contributed by atoms with van der Waals surface area (Å²) in [6.07, 6.45) is -0.663. The number of carbonyl (C=O) groups excluding carboxylic acids is 1. The molecule has 1 N–H and O–H groups in total. The van der Waals surface area contributed by atoms with Crippen molar-refractivity contribution in [2.24, 2.45) is 0 Å². The summed E-state index contributed by atoms with van der Waals surface area (Å²) >= 11 is 0. The van der Waals surface area contributed by atoms with E-state index in [9.17, 15) is 4.79 Å². The van der Waals surface area contributed by atoms with Gasteiger partial charge >= 0.3 is 6.16 Å². The van der Waals surface area contributed by atoms with Gasteiger partial charge in [-0.15, -0.1) is 0 Å². The van der Waals surface area contributed by atoms with Crippen LogP contribution in [-0.2, 0) is 9.47 Å². The lowest BCUT2D eigenvalue weighted by Gasteiger charge is -2.28. The molecule has 0 bridgehead atoms. The summed E-state index contributed by atoms with van der Waals surface area (Å²) in [6.45, 7) is 1.74. The number of carbonyl (C=O) groups is 1. The van der Waals surface area contributed by atoms with Crippen molar-refractivity contribution in [2.75, 3.05) is 47.5 Å². The lowest BCUT2D eigenvalue weighted by Crippen LogP contribution is -2.44. The van der Waals surface area contributed by atoms with Gasteiger partial charge in [-0.2, -0.15) is 0 Å². The van der Waals surface area contributed by atoms with Gasteiger partial charge in [0.25, 0.3) is 0 Å². The van der Waals surface area contributed by atoms with Crippen LogP contribution in [0, 0.1) is 0 Å². The molecule has 0 radical (unpaired) electrons. The van der Waals surface area contributed by atoms with E-state index in [-0.39, 0.29) is 6.61 Å². The summed E-state index contributed by atoms with van der Waals surface area (Å²) < 4.78 is 9.64. The second kappa shape index (κ2) is 5.77. The quantitative estimate of drug-likeness (QED) is 0.485. The first-order chi connectivity index (χ1) is 6.02. The SMILES string of the molecule is COC(=O)OCC[N+](C)(C)CCO. The molecule has 0 saturated heterocycles. The van der Waals surface area contributed by atoms with Crippen molar-refractivity contribution in [3.63, 3.8) is 0 Å². The summed E-state index contributed by atoms with van der Waals surface area (Å²) in [5.74, 6) is 0. The second-order valence-corrected chi connectivity index (χ2v) is 3.41. The highest BCUT2D eigenvalue weighted by molar-refractivity contribution is 5.59. The molecule has 0 saturated carbocycles. The van der Waals surface area contributed by atoms with Gasteiger partial charge in [0.15, 0.2) is 0 Å². The topological polar surface area (TPSA) is 55.8 Å². The molecule has 0 fully saturated rings. The molecule has 0 aliphatic rings. The monoisotopic (exact) mass is 192 g/mol. The van der Waals surface area contributed by atoms with Crippen LogP contribution in [0.4, 0.5) is 4.79 Å². The van der Waals surface area contributed by atoms with Gasteiger partial charge in [0.1, 0.15) is 19.7 Å². The van der Waals surface area contributed by atoms with E-state index in [1.165, 1.54) is 7.11 Å². The van der Waals surface area contributed by atoms with E-state index in [2.05, 4.69) is 4.74 Å². The van der Waals surface area contributed by atoms with Crippen LogP contribution in [0.25, 0.3) is 0 Å². The molecule has 0 heterocycles. The maximum atomic E-state index is 10.6. The predicted octanol–water partition coefficient (Wildman–Crippen LogP) is -0.162. The van der Waals surface area contributed by atoms with E-state index >= 15 is 0 Å². The van der Waals surface area contributed by atoms with E-state index < -0.39 is 6.16 Å². The highest BCUT2D eigenvalue weighted by Crippen LogP contribution is 1.95. The molecule has 0 spiro atoms. The zero-order chi connectivity index (χ0) is 10.3. The Morgan fingerprint density at radius 2 is 2.00 bits per heavy atom. The number of hydrogen-bond donors (Lipinski definition) is 1. The molecule has 0 atom stereocenters. The molecule has 5 heteroatoms. The first-order valence-electron chi connectivity index (χ1n) is 4.15. The first-order valence-corrected chi connectivity index (χ1v) is 4.15. The molecule has 5 nitrogen and oxygen atoms in total. The maximum absolute atomic E-state index is 10.6. The van der Waals surface area contributed by atoms with E-state index in [1.54, 1.807) is 0 Å². The lowest BCUT2D eigenvalue weighted by molar-refractivity contribution is -0.890. The molecule has 0 aromatic rings. The third-order valence-corrected chi connectivity index (χ3v) is 1.79. The van der Waals surface area contributed by atoms with Crippen LogP contribution in [0.3, 0.4) is 0 Å². The lowest BCUT2D eigenvalue weighted by atomic mass is 10.4. The zero-order valence-electron chi connectivity index (χ0n) is 8.45. The molecule has 0 aromatic heterocycles. The fourth-order valence-corrected chi connectivity index (χ4v) is 0.818. The molecule has 0 amide bonds. The normalized spacial score (nSPS) is 11.1. The van der Waals surface area contributed by atoms with Gasteiger partial charge in [-0.25, -0.2) is 4.79 Å². The van der Waals surface area contributed by atoms with Crippen LogP contribution >= 0.6 is 0 Å². The van der Waals surface area contributed by atoms with Crippen LogP contribution in [-0.4, -0.2) is 63.3 Å². The summed E-state index contributed by atoms with van der Waals surface area (Å²) in [5, 5.41) is 8.71. The zero-order valence-corrected chi connectivity index (χ0v) is 8.45. The van der Waals surface area contributed by atoms with Crippen molar-refractivity contribution in [1.29, 1.82) is 0 Å². The predicted molar refractivity (Wildman–Crippen MR) is 47.3 cm³/mol. The van der Waals surface area contributed by atoms with Gasteiger partial charge < -0.3 is 19.1 Å². The third-order valence-electron chi connectivity index (χ3n) is 1.79. The Kier molecular flexibility index (Phi) is 5.41. The van der Waals surface area contributed by atoms with E-state index in [4.69, 9.17) is 9.84 Å². The summed E-state index contributed by atoms with van der Waals surface area (Å²) in [4.78, 5) is 10.6. The number of ether oxygens (including phenoxy) is 2. The molecule has 0 aliphatic carbocycles. The Hall–Kier alpha value is -0.810. The standard InChI is InChI=1S/C8H18NO4/c1-9(2,4-6-10)5-7-13-8(11)12-3/h10H,4-7H2,1-3H3/q+1. The van der Waals surface area contributed by atoms with Crippen LogP contribution in [0.5, 0.6) is 0 Å². The van der Waals surface area contributed by atoms with Gasteiger partial charge in [-0.05, 0) is 0 Å². The number of aliphatic hydroxyl groups excluding tert-OH is 1. The number of nitrogens with zero attached hydrogens (tertiary/aromatic N) is 1. The summed E-state index contributed by atoms with van der Waals surface area (Å²) in [6, 6.07) is 0. The van der Waals surface area contributed by atoms with Gasteiger partial charge in [-0.3, -0.25) is 0 Å². The van der Waals surface area contributed by atoms with Crippen molar-refractivity contribution in [2.45, 2.75) is 0 Å². The van der Waals surface area contributed by atoms with Crippen molar-refractivity contribution in [1.82, 2.24) is 0 Å². The maximum Gasteiger partial charge on any atom is 0.508 e. The number of quaternary nitrogens is 1.